The summed E-state index contributed by atoms with van der Waals surface area (Å²) >= 11 is 6.21. The number of para-hydroxylation sites is 1. The lowest BCUT2D eigenvalue weighted by atomic mass is 10.2. The number of esters is 1. The molecule has 1 saturated heterocycles. The summed E-state index contributed by atoms with van der Waals surface area (Å²) in [6.07, 6.45) is 0. The maximum Gasteiger partial charge on any atom is 0.344 e. The average Bonchev–Trinajstić information content (AvgIpc) is 3.10. The minimum atomic E-state index is -0.640. The molecule has 9 heteroatoms. The van der Waals surface area contributed by atoms with Gasteiger partial charge in [0.2, 0.25) is 0 Å². The van der Waals surface area contributed by atoms with Crippen molar-refractivity contribution in [1.29, 1.82) is 0 Å². The molecule has 8 nitrogen and oxygen atoms in total. The van der Waals surface area contributed by atoms with E-state index in [1.54, 1.807) is 17.9 Å². The topological polar surface area (TPSA) is 85.1 Å². The van der Waals surface area contributed by atoms with E-state index in [2.05, 4.69) is 10.1 Å². The second kappa shape index (κ2) is 8.77. The quantitative estimate of drug-likeness (QED) is 0.693. The second-order valence-corrected chi connectivity index (χ2v) is 6.45. The predicted molar refractivity (Wildman–Crippen MR) is 97.9 cm³/mol. The molecule has 0 N–H and O–H groups in total. The summed E-state index contributed by atoms with van der Waals surface area (Å²) in [6, 6.07) is 9.17. The average molecular weight is 394 g/mol. The van der Waals surface area contributed by atoms with E-state index in [-0.39, 0.29) is 25.0 Å². The molecule has 0 unspecified atom stereocenters. The fraction of sp³-hybridized carbons (Fsp3) is 0.389. The van der Waals surface area contributed by atoms with Crippen LogP contribution in [0.4, 0.5) is 5.69 Å². The van der Waals surface area contributed by atoms with Gasteiger partial charge in [-0.25, -0.2) is 4.79 Å². The largest absolute Gasteiger partial charge is 0.463 e. The number of anilines is 1. The van der Waals surface area contributed by atoms with Gasteiger partial charge >= 0.3 is 5.97 Å². The molecule has 1 aromatic heterocycles. The van der Waals surface area contributed by atoms with E-state index in [1.165, 1.54) is 0 Å². The Morgan fingerprint density at radius 3 is 2.59 bits per heavy atom. The number of hydrogen-bond acceptors (Lipinski definition) is 7. The standard InChI is InChI=1S/C18H20ClN3O5/c1-13-10-16(20-27-13)25-12-18(24)26-11-17(23)22-8-6-21(7-9-22)15-5-3-2-4-14(15)19/h2-5,10H,6-9,11-12H2,1H3. The fourth-order valence-corrected chi connectivity index (χ4v) is 2.98. The molecule has 0 spiro atoms. The summed E-state index contributed by atoms with van der Waals surface area (Å²) in [4.78, 5) is 27.7. The van der Waals surface area contributed by atoms with E-state index < -0.39 is 5.97 Å². The Morgan fingerprint density at radius 1 is 1.19 bits per heavy atom. The van der Waals surface area contributed by atoms with Crippen LogP contribution in [-0.4, -0.2) is 61.3 Å². The maximum absolute atomic E-state index is 12.2. The molecular formula is C18H20ClN3O5. The van der Waals surface area contributed by atoms with Crippen molar-refractivity contribution in [1.82, 2.24) is 10.1 Å². The zero-order chi connectivity index (χ0) is 19.2. The Hall–Kier alpha value is -2.74. The van der Waals surface area contributed by atoms with Crippen molar-refractivity contribution in [2.75, 3.05) is 44.3 Å². The summed E-state index contributed by atoms with van der Waals surface area (Å²) in [5, 5.41) is 4.29. The Labute approximate surface area is 161 Å². The molecule has 0 bridgehead atoms. The molecule has 3 rings (SSSR count). The third kappa shape index (κ3) is 5.13. The van der Waals surface area contributed by atoms with E-state index in [1.807, 2.05) is 24.3 Å². The molecule has 0 saturated carbocycles. The van der Waals surface area contributed by atoms with Gasteiger partial charge in [0.05, 0.1) is 10.7 Å². The Balaban J connectivity index is 1.39. The van der Waals surface area contributed by atoms with Crippen LogP contribution in [0.2, 0.25) is 5.02 Å². The monoisotopic (exact) mass is 393 g/mol. The summed E-state index contributed by atoms with van der Waals surface area (Å²) in [5.41, 5.74) is 0.956. The van der Waals surface area contributed by atoms with Crippen molar-refractivity contribution in [3.8, 4) is 5.88 Å². The number of amides is 1. The van der Waals surface area contributed by atoms with Crippen molar-refractivity contribution >= 4 is 29.2 Å². The highest BCUT2D eigenvalue weighted by atomic mass is 35.5. The molecule has 0 aliphatic carbocycles. The number of hydrogen-bond donors (Lipinski definition) is 0. The fourth-order valence-electron chi connectivity index (χ4n) is 2.72. The highest BCUT2D eigenvalue weighted by Crippen LogP contribution is 2.26. The molecule has 1 fully saturated rings. The Morgan fingerprint density at radius 2 is 1.93 bits per heavy atom. The first-order valence-corrected chi connectivity index (χ1v) is 8.90. The van der Waals surface area contributed by atoms with Gasteiger partial charge in [-0.15, -0.1) is 0 Å². The van der Waals surface area contributed by atoms with Gasteiger partial charge in [-0.05, 0) is 24.2 Å². The van der Waals surface area contributed by atoms with Crippen LogP contribution < -0.4 is 9.64 Å². The van der Waals surface area contributed by atoms with Crippen LogP contribution >= 0.6 is 11.6 Å². The molecule has 0 atom stereocenters. The van der Waals surface area contributed by atoms with Crippen LogP contribution in [0.15, 0.2) is 34.9 Å². The summed E-state index contributed by atoms with van der Waals surface area (Å²) in [6.45, 7) is 3.47. The van der Waals surface area contributed by atoms with Crippen LogP contribution in [0.1, 0.15) is 5.76 Å². The number of carbonyl (C=O) groups excluding carboxylic acids is 2. The number of rotatable bonds is 6. The zero-order valence-corrected chi connectivity index (χ0v) is 15.6. The third-order valence-electron chi connectivity index (χ3n) is 4.13. The number of nitrogens with zero attached hydrogens (tertiary/aromatic N) is 3. The number of ether oxygens (including phenoxy) is 2. The number of aryl methyl sites for hydroxylation is 1. The smallest absolute Gasteiger partial charge is 0.344 e. The second-order valence-electron chi connectivity index (χ2n) is 6.04. The van der Waals surface area contributed by atoms with Crippen molar-refractivity contribution in [2.45, 2.75) is 6.92 Å². The van der Waals surface area contributed by atoms with Gasteiger partial charge in [0.15, 0.2) is 13.2 Å². The minimum Gasteiger partial charge on any atom is -0.463 e. The number of benzene rings is 1. The predicted octanol–water partition coefficient (Wildman–Crippen LogP) is 1.91. The zero-order valence-electron chi connectivity index (χ0n) is 14.9. The molecule has 0 radical (unpaired) electrons. The Kier molecular flexibility index (Phi) is 6.18. The molecule has 144 valence electrons. The molecule has 1 aliphatic rings. The van der Waals surface area contributed by atoms with Crippen LogP contribution in [0.25, 0.3) is 0 Å². The number of halogens is 1. The first kappa shape index (κ1) is 19.0. The van der Waals surface area contributed by atoms with Crippen molar-refractivity contribution in [3.63, 3.8) is 0 Å². The van der Waals surface area contributed by atoms with Gasteiger partial charge in [0.25, 0.3) is 11.8 Å². The van der Waals surface area contributed by atoms with Gasteiger partial charge in [-0.1, -0.05) is 23.7 Å². The third-order valence-corrected chi connectivity index (χ3v) is 4.45. The molecule has 2 heterocycles. The minimum absolute atomic E-state index is 0.200. The summed E-state index contributed by atoms with van der Waals surface area (Å²) in [7, 11) is 0. The van der Waals surface area contributed by atoms with Crippen LogP contribution in [0, 0.1) is 6.92 Å². The van der Waals surface area contributed by atoms with Crippen molar-refractivity contribution < 1.29 is 23.6 Å². The van der Waals surface area contributed by atoms with Gasteiger partial charge in [0, 0.05) is 32.2 Å². The first-order valence-electron chi connectivity index (χ1n) is 8.52. The molecular weight excluding hydrogens is 374 g/mol. The van der Waals surface area contributed by atoms with Gasteiger partial charge in [0.1, 0.15) is 5.76 Å². The lowest BCUT2D eigenvalue weighted by Crippen LogP contribution is -2.50. The van der Waals surface area contributed by atoms with E-state index in [4.69, 9.17) is 25.6 Å². The van der Waals surface area contributed by atoms with E-state index >= 15 is 0 Å². The number of aromatic nitrogens is 1. The van der Waals surface area contributed by atoms with Crippen molar-refractivity contribution in [2.24, 2.45) is 0 Å². The van der Waals surface area contributed by atoms with Gasteiger partial charge in [-0.2, -0.15) is 0 Å². The van der Waals surface area contributed by atoms with Gasteiger partial charge in [-0.3, -0.25) is 4.79 Å². The SMILES string of the molecule is Cc1cc(OCC(=O)OCC(=O)N2CCN(c3ccccc3Cl)CC2)no1. The number of carbonyl (C=O) groups is 2. The molecule has 27 heavy (non-hydrogen) atoms. The number of piperazine rings is 1. The van der Waals surface area contributed by atoms with E-state index in [9.17, 15) is 9.59 Å². The lowest BCUT2D eigenvalue weighted by molar-refractivity contribution is -0.153. The Bertz CT molecular complexity index is 802. The van der Waals surface area contributed by atoms with Crippen LogP contribution in [0.3, 0.4) is 0 Å². The highest BCUT2D eigenvalue weighted by Gasteiger charge is 2.23. The molecule has 1 aromatic carbocycles. The molecule has 1 aliphatic heterocycles. The van der Waals surface area contributed by atoms with Gasteiger partial charge < -0.3 is 23.8 Å². The van der Waals surface area contributed by atoms with Crippen molar-refractivity contribution in [3.05, 3.63) is 41.1 Å². The first-order chi connectivity index (χ1) is 13.0. The van der Waals surface area contributed by atoms with Crippen LogP contribution in [-0.2, 0) is 14.3 Å². The summed E-state index contributed by atoms with van der Waals surface area (Å²) in [5.74, 6) is -0.103. The van der Waals surface area contributed by atoms with E-state index in [0.29, 0.717) is 37.0 Å². The maximum atomic E-state index is 12.2. The lowest BCUT2D eigenvalue weighted by Gasteiger charge is -2.36. The highest BCUT2D eigenvalue weighted by molar-refractivity contribution is 6.33. The van der Waals surface area contributed by atoms with Crippen LogP contribution in [0.5, 0.6) is 5.88 Å². The van der Waals surface area contributed by atoms with E-state index in [0.717, 1.165) is 5.69 Å². The molecule has 1 amide bonds. The summed E-state index contributed by atoms with van der Waals surface area (Å²) < 4.78 is 14.9. The normalized spacial score (nSPS) is 14.1. The molecule has 2 aromatic rings.